The molecule has 0 saturated carbocycles. The maximum atomic E-state index is 13.0. The number of anilines is 4. The SMILES string of the molecule is COc1ccccc1Nc1ncccc1C(=O)Nc1ccc(N2CC(C)OC(C)C2)nc1. The van der Waals surface area contributed by atoms with Crippen molar-refractivity contribution in [2.45, 2.75) is 26.1 Å². The molecule has 4 rings (SSSR count). The van der Waals surface area contributed by atoms with E-state index in [-0.39, 0.29) is 18.1 Å². The Kier molecular flexibility index (Phi) is 6.51. The maximum absolute atomic E-state index is 13.0. The van der Waals surface area contributed by atoms with Crippen LogP contribution < -0.4 is 20.3 Å². The van der Waals surface area contributed by atoms with E-state index in [0.29, 0.717) is 22.8 Å². The Balaban J connectivity index is 1.47. The molecule has 1 aliphatic heterocycles. The summed E-state index contributed by atoms with van der Waals surface area (Å²) in [6.45, 7) is 5.69. The zero-order valence-corrected chi connectivity index (χ0v) is 18.4. The smallest absolute Gasteiger partial charge is 0.259 e. The van der Waals surface area contributed by atoms with E-state index in [1.54, 1.807) is 31.6 Å². The Morgan fingerprint density at radius 1 is 1.06 bits per heavy atom. The normalized spacial score (nSPS) is 18.2. The van der Waals surface area contributed by atoms with Gasteiger partial charge in [0.2, 0.25) is 0 Å². The van der Waals surface area contributed by atoms with Crippen molar-refractivity contribution in [2.75, 3.05) is 35.7 Å². The molecule has 0 radical (unpaired) electrons. The van der Waals surface area contributed by atoms with Gasteiger partial charge in [-0.2, -0.15) is 0 Å². The van der Waals surface area contributed by atoms with E-state index in [4.69, 9.17) is 9.47 Å². The van der Waals surface area contributed by atoms with E-state index >= 15 is 0 Å². The van der Waals surface area contributed by atoms with Crippen molar-refractivity contribution in [3.63, 3.8) is 0 Å². The molecule has 0 spiro atoms. The lowest BCUT2D eigenvalue weighted by molar-refractivity contribution is -0.00545. The van der Waals surface area contributed by atoms with Crippen LogP contribution in [-0.4, -0.2) is 48.3 Å². The average Bonchev–Trinajstić information content (AvgIpc) is 2.79. The van der Waals surface area contributed by atoms with Gasteiger partial charge in [-0.15, -0.1) is 0 Å². The summed E-state index contributed by atoms with van der Waals surface area (Å²) in [6, 6.07) is 14.7. The molecule has 1 aliphatic rings. The summed E-state index contributed by atoms with van der Waals surface area (Å²) >= 11 is 0. The third-order valence-electron chi connectivity index (χ3n) is 5.16. The van der Waals surface area contributed by atoms with Gasteiger partial charge < -0.3 is 25.0 Å². The molecule has 1 saturated heterocycles. The van der Waals surface area contributed by atoms with E-state index < -0.39 is 0 Å². The van der Waals surface area contributed by atoms with Crippen molar-refractivity contribution >= 4 is 28.9 Å². The zero-order valence-electron chi connectivity index (χ0n) is 18.4. The Hall–Kier alpha value is -3.65. The van der Waals surface area contributed by atoms with E-state index in [1.807, 2.05) is 36.4 Å². The number of para-hydroxylation sites is 2. The Labute approximate surface area is 187 Å². The second kappa shape index (κ2) is 9.65. The van der Waals surface area contributed by atoms with Crippen LogP contribution in [0.15, 0.2) is 60.9 Å². The standard InChI is InChI=1S/C24H27N5O3/c1-16-14-29(15-17(2)32-16)22-11-10-18(13-26-22)27-24(30)19-7-6-12-25-23(19)28-20-8-4-5-9-21(20)31-3/h4-13,16-17H,14-15H2,1-3H3,(H,25,28)(H,27,30). The van der Waals surface area contributed by atoms with Gasteiger partial charge in [0.15, 0.2) is 0 Å². The summed E-state index contributed by atoms with van der Waals surface area (Å²) in [7, 11) is 1.60. The molecule has 2 unspecified atom stereocenters. The maximum Gasteiger partial charge on any atom is 0.259 e. The second-order valence-corrected chi connectivity index (χ2v) is 7.75. The minimum Gasteiger partial charge on any atom is -0.495 e. The third kappa shape index (κ3) is 4.97. The van der Waals surface area contributed by atoms with E-state index in [1.165, 1.54) is 0 Å². The van der Waals surface area contributed by atoms with Gasteiger partial charge in [-0.25, -0.2) is 9.97 Å². The van der Waals surface area contributed by atoms with Crippen molar-refractivity contribution < 1.29 is 14.3 Å². The van der Waals surface area contributed by atoms with Crippen molar-refractivity contribution in [1.82, 2.24) is 9.97 Å². The van der Waals surface area contributed by atoms with Crippen LogP contribution in [0.3, 0.4) is 0 Å². The first-order chi connectivity index (χ1) is 15.5. The van der Waals surface area contributed by atoms with Crippen molar-refractivity contribution in [3.8, 4) is 5.75 Å². The Morgan fingerprint density at radius 2 is 1.84 bits per heavy atom. The van der Waals surface area contributed by atoms with Crippen LogP contribution in [0.2, 0.25) is 0 Å². The molecule has 0 bridgehead atoms. The third-order valence-corrected chi connectivity index (χ3v) is 5.16. The van der Waals surface area contributed by atoms with Gasteiger partial charge in [0.25, 0.3) is 5.91 Å². The number of hydrogen-bond donors (Lipinski definition) is 2. The topological polar surface area (TPSA) is 88.6 Å². The van der Waals surface area contributed by atoms with Gasteiger partial charge in [0.05, 0.1) is 42.5 Å². The summed E-state index contributed by atoms with van der Waals surface area (Å²) in [6.07, 6.45) is 3.61. The number of amides is 1. The summed E-state index contributed by atoms with van der Waals surface area (Å²) in [5.41, 5.74) is 1.75. The van der Waals surface area contributed by atoms with Crippen LogP contribution in [0.4, 0.5) is 23.0 Å². The lowest BCUT2D eigenvalue weighted by Gasteiger charge is -2.36. The van der Waals surface area contributed by atoms with Gasteiger partial charge in [0, 0.05) is 19.3 Å². The lowest BCUT2D eigenvalue weighted by atomic mass is 10.2. The Morgan fingerprint density at radius 3 is 2.56 bits per heavy atom. The molecule has 8 heteroatoms. The largest absolute Gasteiger partial charge is 0.495 e. The van der Waals surface area contributed by atoms with Gasteiger partial charge >= 0.3 is 0 Å². The molecule has 32 heavy (non-hydrogen) atoms. The molecule has 2 atom stereocenters. The number of nitrogens with zero attached hydrogens (tertiary/aromatic N) is 3. The van der Waals surface area contributed by atoms with Crippen molar-refractivity contribution in [3.05, 3.63) is 66.5 Å². The monoisotopic (exact) mass is 433 g/mol. The number of rotatable bonds is 6. The number of carbonyl (C=O) groups excluding carboxylic acids is 1. The summed E-state index contributed by atoms with van der Waals surface area (Å²) < 4.78 is 11.2. The molecule has 0 aliphatic carbocycles. The number of morpholine rings is 1. The van der Waals surface area contributed by atoms with Crippen LogP contribution in [0, 0.1) is 0 Å². The lowest BCUT2D eigenvalue weighted by Crippen LogP contribution is -2.45. The number of nitrogens with one attached hydrogen (secondary N) is 2. The molecule has 1 aromatic carbocycles. The predicted molar refractivity (Wildman–Crippen MR) is 125 cm³/mol. The number of methoxy groups -OCH3 is 1. The van der Waals surface area contributed by atoms with Crippen LogP contribution in [0.25, 0.3) is 0 Å². The zero-order chi connectivity index (χ0) is 22.5. The van der Waals surface area contributed by atoms with Gasteiger partial charge in [-0.3, -0.25) is 4.79 Å². The number of aromatic nitrogens is 2. The first-order valence-electron chi connectivity index (χ1n) is 10.6. The van der Waals surface area contributed by atoms with E-state index in [9.17, 15) is 4.79 Å². The number of pyridine rings is 2. The molecular formula is C24H27N5O3. The quantitative estimate of drug-likeness (QED) is 0.605. The first kappa shape index (κ1) is 21.6. The fourth-order valence-electron chi connectivity index (χ4n) is 3.77. The molecule has 8 nitrogen and oxygen atoms in total. The van der Waals surface area contributed by atoms with Gasteiger partial charge in [-0.05, 0) is 50.2 Å². The fraction of sp³-hybridized carbons (Fsp3) is 0.292. The number of ether oxygens (including phenoxy) is 2. The van der Waals surface area contributed by atoms with Crippen LogP contribution in [0.5, 0.6) is 5.75 Å². The van der Waals surface area contributed by atoms with E-state index in [0.717, 1.165) is 24.6 Å². The fourth-order valence-corrected chi connectivity index (χ4v) is 3.77. The molecular weight excluding hydrogens is 406 g/mol. The highest BCUT2D eigenvalue weighted by Crippen LogP contribution is 2.28. The highest BCUT2D eigenvalue weighted by atomic mass is 16.5. The minimum atomic E-state index is -0.279. The Bertz CT molecular complexity index is 1060. The molecule has 3 aromatic rings. The summed E-state index contributed by atoms with van der Waals surface area (Å²) in [5, 5.41) is 6.09. The molecule has 1 fully saturated rings. The molecule has 2 aromatic heterocycles. The number of carbonyl (C=O) groups is 1. The van der Waals surface area contributed by atoms with E-state index in [2.05, 4.69) is 39.3 Å². The number of benzene rings is 1. The molecule has 166 valence electrons. The highest BCUT2D eigenvalue weighted by Gasteiger charge is 2.23. The van der Waals surface area contributed by atoms with Crippen molar-refractivity contribution in [2.24, 2.45) is 0 Å². The highest BCUT2D eigenvalue weighted by molar-refractivity contribution is 6.07. The predicted octanol–water partition coefficient (Wildman–Crippen LogP) is 4.09. The van der Waals surface area contributed by atoms with Crippen LogP contribution in [0.1, 0.15) is 24.2 Å². The second-order valence-electron chi connectivity index (χ2n) is 7.75. The number of hydrogen-bond acceptors (Lipinski definition) is 7. The van der Waals surface area contributed by atoms with Crippen LogP contribution >= 0.6 is 0 Å². The van der Waals surface area contributed by atoms with Crippen LogP contribution in [-0.2, 0) is 4.74 Å². The average molecular weight is 434 g/mol. The minimum absolute atomic E-state index is 0.152. The van der Waals surface area contributed by atoms with Gasteiger partial charge in [-0.1, -0.05) is 12.1 Å². The van der Waals surface area contributed by atoms with Crippen molar-refractivity contribution in [1.29, 1.82) is 0 Å². The first-order valence-corrected chi connectivity index (χ1v) is 10.6. The molecule has 1 amide bonds. The molecule has 3 heterocycles. The van der Waals surface area contributed by atoms with Gasteiger partial charge in [0.1, 0.15) is 17.4 Å². The summed E-state index contributed by atoms with van der Waals surface area (Å²) in [4.78, 5) is 24.0. The molecule has 2 N–H and O–H groups in total. The summed E-state index contributed by atoms with van der Waals surface area (Å²) in [5.74, 6) is 1.69.